The van der Waals surface area contributed by atoms with Crippen LogP contribution in [0.5, 0.6) is 0 Å². The van der Waals surface area contributed by atoms with Crippen molar-refractivity contribution >= 4 is 6.09 Å². The summed E-state index contributed by atoms with van der Waals surface area (Å²) in [7, 11) is 0. The monoisotopic (exact) mass is 268 g/mol. The Labute approximate surface area is 116 Å². The Hall–Kier alpha value is -0.770. The second-order valence-corrected chi connectivity index (χ2v) is 6.89. The molecule has 0 bridgehead atoms. The molecule has 2 heterocycles. The molecule has 2 fully saturated rings. The Bertz CT molecular complexity index is 330. The van der Waals surface area contributed by atoms with Crippen molar-refractivity contribution < 1.29 is 9.53 Å². The van der Waals surface area contributed by atoms with E-state index in [9.17, 15) is 4.79 Å². The van der Waals surface area contributed by atoms with E-state index in [2.05, 4.69) is 12.2 Å². The van der Waals surface area contributed by atoms with Gasteiger partial charge in [-0.25, -0.2) is 4.79 Å². The van der Waals surface area contributed by atoms with Crippen LogP contribution >= 0.6 is 0 Å². The largest absolute Gasteiger partial charge is 0.444 e. The molecule has 1 amide bonds. The molecule has 0 aromatic carbocycles. The minimum atomic E-state index is -0.414. The van der Waals surface area contributed by atoms with Crippen LogP contribution in [0.3, 0.4) is 0 Å². The SMILES string of the molecule is CCC1N(C(=O)OC(C)(C)C)CCC[C@]12CCCN2. The van der Waals surface area contributed by atoms with Gasteiger partial charge in [-0.3, -0.25) is 0 Å². The molecule has 1 unspecified atom stereocenters. The molecule has 2 aliphatic heterocycles. The minimum absolute atomic E-state index is 0.143. The van der Waals surface area contributed by atoms with E-state index in [0.717, 1.165) is 25.9 Å². The molecule has 0 aromatic rings. The van der Waals surface area contributed by atoms with Gasteiger partial charge in [-0.1, -0.05) is 6.92 Å². The zero-order valence-electron chi connectivity index (χ0n) is 12.8. The van der Waals surface area contributed by atoms with Crippen LogP contribution in [0, 0.1) is 0 Å². The molecule has 110 valence electrons. The van der Waals surface area contributed by atoms with Crippen LogP contribution < -0.4 is 5.32 Å². The van der Waals surface area contributed by atoms with Gasteiger partial charge in [0.15, 0.2) is 0 Å². The Kier molecular flexibility index (Phi) is 4.09. The van der Waals surface area contributed by atoms with E-state index in [0.29, 0.717) is 0 Å². The van der Waals surface area contributed by atoms with Gasteiger partial charge in [0.25, 0.3) is 0 Å². The van der Waals surface area contributed by atoms with E-state index in [1.165, 1.54) is 19.3 Å². The lowest BCUT2D eigenvalue weighted by Crippen LogP contribution is -2.63. The summed E-state index contributed by atoms with van der Waals surface area (Å²) in [6, 6.07) is 0.276. The highest BCUT2D eigenvalue weighted by molar-refractivity contribution is 5.69. The number of rotatable bonds is 1. The van der Waals surface area contributed by atoms with Crippen LogP contribution in [-0.2, 0) is 4.74 Å². The lowest BCUT2D eigenvalue weighted by Gasteiger charge is -2.48. The highest BCUT2D eigenvalue weighted by Gasteiger charge is 2.47. The molecule has 0 saturated carbocycles. The summed E-state index contributed by atoms with van der Waals surface area (Å²) >= 11 is 0. The van der Waals surface area contributed by atoms with E-state index < -0.39 is 5.60 Å². The lowest BCUT2D eigenvalue weighted by atomic mass is 9.79. The van der Waals surface area contributed by atoms with Gasteiger partial charge >= 0.3 is 6.09 Å². The van der Waals surface area contributed by atoms with Crippen molar-refractivity contribution in [3.8, 4) is 0 Å². The van der Waals surface area contributed by atoms with Crippen LogP contribution in [0.2, 0.25) is 0 Å². The van der Waals surface area contributed by atoms with E-state index >= 15 is 0 Å². The van der Waals surface area contributed by atoms with Gasteiger partial charge in [0.1, 0.15) is 5.60 Å². The Morgan fingerprint density at radius 1 is 1.37 bits per heavy atom. The van der Waals surface area contributed by atoms with E-state index in [-0.39, 0.29) is 17.7 Å². The van der Waals surface area contributed by atoms with Crippen molar-refractivity contribution in [3.63, 3.8) is 0 Å². The topological polar surface area (TPSA) is 41.6 Å². The van der Waals surface area contributed by atoms with Crippen LogP contribution in [0.15, 0.2) is 0 Å². The summed E-state index contributed by atoms with van der Waals surface area (Å²) in [6.45, 7) is 9.88. The summed E-state index contributed by atoms with van der Waals surface area (Å²) < 4.78 is 5.57. The lowest BCUT2D eigenvalue weighted by molar-refractivity contribution is -0.00906. The van der Waals surface area contributed by atoms with Gasteiger partial charge in [-0.05, 0) is 59.4 Å². The Balaban J connectivity index is 2.13. The normalized spacial score (nSPS) is 31.8. The average molecular weight is 268 g/mol. The molecule has 19 heavy (non-hydrogen) atoms. The van der Waals surface area contributed by atoms with Crippen molar-refractivity contribution in [2.75, 3.05) is 13.1 Å². The number of carbonyl (C=O) groups excluding carboxylic acids is 1. The first-order chi connectivity index (χ1) is 8.88. The molecule has 2 aliphatic rings. The van der Waals surface area contributed by atoms with Gasteiger partial charge in [0.2, 0.25) is 0 Å². The Morgan fingerprint density at radius 2 is 2.05 bits per heavy atom. The standard InChI is InChI=1S/C15H28N2O2/c1-5-12-15(8-6-10-16-15)9-7-11-17(12)13(18)19-14(2,3)4/h12,16H,5-11H2,1-4H3/t12?,15-/m1/s1. The predicted molar refractivity (Wildman–Crippen MR) is 76.2 cm³/mol. The number of amides is 1. The number of piperidine rings is 1. The molecule has 0 aromatic heterocycles. The third kappa shape index (κ3) is 3.04. The van der Waals surface area contributed by atoms with Gasteiger partial charge in [0.05, 0.1) is 6.04 Å². The van der Waals surface area contributed by atoms with Crippen LogP contribution in [0.25, 0.3) is 0 Å². The first kappa shape index (κ1) is 14.6. The summed E-state index contributed by atoms with van der Waals surface area (Å²) in [5.74, 6) is 0. The molecule has 4 nitrogen and oxygen atoms in total. The maximum atomic E-state index is 12.4. The molecule has 1 N–H and O–H groups in total. The molecule has 2 rings (SSSR count). The molecular formula is C15H28N2O2. The van der Waals surface area contributed by atoms with Crippen molar-refractivity contribution in [2.45, 2.75) is 77.0 Å². The number of nitrogens with one attached hydrogen (secondary N) is 1. The fraction of sp³-hybridized carbons (Fsp3) is 0.933. The van der Waals surface area contributed by atoms with Crippen molar-refractivity contribution in [1.29, 1.82) is 0 Å². The van der Waals surface area contributed by atoms with Gasteiger partial charge in [-0.2, -0.15) is 0 Å². The number of hydrogen-bond donors (Lipinski definition) is 1. The van der Waals surface area contributed by atoms with Gasteiger partial charge in [-0.15, -0.1) is 0 Å². The first-order valence-electron chi connectivity index (χ1n) is 7.63. The third-order valence-corrected chi connectivity index (χ3v) is 4.33. The summed E-state index contributed by atoms with van der Waals surface area (Å²) in [4.78, 5) is 14.4. The molecule has 2 atom stereocenters. The fourth-order valence-corrected chi connectivity index (χ4v) is 3.66. The second-order valence-electron chi connectivity index (χ2n) is 6.89. The molecule has 0 radical (unpaired) electrons. The molecule has 2 saturated heterocycles. The number of hydrogen-bond acceptors (Lipinski definition) is 3. The predicted octanol–water partition coefficient (Wildman–Crippen LogP) is 2.92. The third-order valence-electron chi connectivity index (χ3n) is 4.33. The zero-order valence-corrected chi connectivity index (χ0v) is 12.8. The van der Waals surface area contributed by atoms with Gasteiger partial charge < -0.3 is 15.0 Å². The van der Waals surface area contributed by atoms with Crippen LogP contribution in [0.1, 0.15) is 59.8 Å². The molecule has 0 aliphatic carbocycles. The summed E-state index contributed by atoms with van der Waals surface area (Å²) in [5, 5.41) is 3.67. The number of nitrogens with zero attached hydrogens (tertiary/aromatic N) is 1. The quantitative estimate of drug-likeness (QED) is 0.795. The molecule has 4 heteroatoms. The average Bonchev–Trinajstić information content (AvgIpc) is 2.75. The van der Waals surface area contributed by atoms with E-state index in [4.69, 9.17) is 4.74 Å². The number of carbonyl (C=O) groups is 1. The second kappa shape index (κ2) is 5.31. The number of likely N-dealkylation sites (tertiary alicyclic amines) is 1. The van der Waals surface area contributed by atoms with E-state index in [1.807, 2.05) is 25.7 Å². The first-order valence-corrected chi connectivity index (χ1v) is 7.63. The molecular weight excluding hydrogens is 240 g/mol. The molecule has 1 spiro atoms. The van der Waals surface area contributed by atoms with Crippen molar-refractivity contribution in [3.05, 3.63) is 0 Å². The van der Waals surface area contributed by atoms with Crippen LogP contribution in [0.4, 0.5) is 4.79 Å². The fourth-order valence-electron chi connectivity index (χ4n) is 3.66. The van der Waals surface area contributed by atoms with Crippen molar-refractivity contribution in [1.82, 2.24) is 10.2 Å². The Morgan fingerprint density at radius 3 is 2.58 bits per heavy atom. The van der Waals surface area contributed by atoms with E-state index in [1.54, 1.807) is 0 Å². The van der Waals surface area contributed by atoms with Crippen molar-refractivity contribution in [2.24, 2.45) is 0 Å². The highest BCUT2D eigenvalue weighted by atomic mass is 16.6. The van der Waals surface area contributed by atoms with Crippen LogP contribution in [-0.4, -0.2) is 41.3 Å². The van der Waals surface area contributed by atoms with Gasteiger partial charge in [0, 0.05) is 12.1 Å². The summed E-state index contributed by atoms with van der Waals surface area (Å²) in [5.41, 5.74) is -0.271. The minimum Gasteiger partial charge on any atom is -0.444 e. The smallest absolute Gasteiger partial charge is 0.410 e. The maximum absolute atomic E-state index is 12.4. The zero-order chi connectivity index (χ0) is 14.1. The number of ether oxygens (including phenoxy) is 1. The maximum Gasteiger partial charge on any atom is 0.410 e. The highest BCUT2D eigenvalue weighted by Crippen LogP contribution is 2.37. The summed E-state index contributed by atoms with van der Waals surface area (Å²) in [6.07, 6.45) is 5.51.